The molecule has 1 aliphatic carbocycles. The zero-order valence-corrected chi connectivity index (χ0v) is 6.97. The van der Waals surface area contributed by atoms with Crippen LogP contribution in [0.4, 0.5) is 0 Å². The van der Waals surface area contributed by atoms with Gasteiger partial charge in [0.25, 0.3) is 0 Å². The normalized spacial score (nSPS) is 25.6. The van der Waals surface area contributed by atoms with Crippen LogP contribution in [0.25, 0.3) is 0 Å². The lowest BCUT2D eigenvalue weighted by Crippen LogP contribution is -2.31. The van der Waals surface area contributed by atoms with Crippen LogP contribution >= 0.6 is 0 Å². The summed E-state index contributed by atoms with van der Waals surface area (Å²) in [5.74, 6) is 1.27. The third-order valence-corrected chi connectivity index (χ3v) is 2.60. The van der Waals surface area contributed by atoms with Crippen LogP contribution in [-0.4, -0.2) is 18.4 Å². The van der Waals surface area contributed by atoms with Crippen molar-refractivity contribution in [2.24, 2.45) is 4.99 Å². The fourth-order valence-corrected chi connectivity index (χ4v) is 1.96. The van der Waals surface area contributed by atoms with E-state index in [1.807, 2.05) is 0 Å². The van der Waals surface area contributed by atoms with E-state index in [1.54, 1.807) is 0 Å². The number of hydrogen-bond acceptors (Lipinski definition) is 2. The number of aliphatic imine (C=N–C) groups is 1. The summed E-state index contributed by atoms with van der Waals surface area (Å²) in [5, 5.41) is 3.53. The topological polar surface area (TPSA) is 24.4 Å². The van der Waals surface area contributed by atoms with Gasteiger partial charge in [0.1, 0.15) is 0 Å². The zero-order chi connectivity index (χ0) is 7.52. The fourth-order valence-electron chi connectivity index (χ4n) is 1.96. The van der Waals surface area contributed by atoms with E-state index in [9.17, 15) is 0 Å². The molecule has 0 radical (unpaired) electrons. The molecular weight excluding hydrogens is 136 g/mol. The molecule has 1 N–H and O–H groups in total. The summed E-state index contributed by atoms with van der Waals surface area (Å²) in [6.07, 6.45) is 7.99. The van der Waals surface area contributed by atoms with Crippen molar-refractivity contribution in [3.05, 3.63) is 0 Å². The van der Waals surface area contributed by atoms with Crippen molar-refractivity contribution in [2.45, 2.75) is 44.6 Å². The minimum atomic E-state index is 0.756. The molecule has 0 aromatic carbocycles. The van der Waals surface area contributed by atoms with Crippen molar-refractivity contribution in [3.63, 3.8) is 0 Å². The van der Waals surface area contributed by atoms with Crippen molar-refractivity contribution in [3.8, 4) is 0 Å². The summed E-state index contributed by atoms with van der Waals surface area (Å²) in [6.45, 7) is 1.05. The first-order valence-corrected chi connectivity index (χ1v) is 4.75. The Hall–Kier alpha value is -0.530. The van der Waals surface area contributed by atoms with Gasteiger partial charge in [-0.25, -0.2) is 0 Å². The van der Waals surface area contributed by atoms with Gasteiger partial charge in [-0.1, -0.05) is 12.8 Å². The first-order chi connectivity index (χ1) is 5.45. The lowest BCUT2D eigenvalue weighted by atomic mass is 10.2. The molecule has 1 aliphatic heterocycles. The molecule has 0 atom stereocenters. The number of hydrogen-bond donors (Lipinski definition) is 1. The highest BCUT2D eigenvalue weighted by Gasteiger charge is 2.16. The molecule has 0 amide bonds. The lowest BCUT2D eigenvalue weighted by Gasteiger charge is -2.12. The van der Waals surface area contributed by atoms with E-state index >= 15 is 0 Å². The largest absolute Gasteiger partial charge is 0.371 e. The summed E-state index contributed by atoms with van der Waals surface area (Å²) in [5.41, 5.74) is 0. The van der Waals surface area contributed by atoms with E-state index in [-0.39, 0.29) is 0 Å². The van der Waals surface area contributed by atoms with Crippen LogP contribution in [0.3, 0.4) is 0 Å². The summed E-state index contributed by atoms with van der Waals surface area (Å²) in [7, 11) is 0. The molecule has 11 heavy (non-hydrogen) atoms. The Bertz CT molecular complexity index is 157. The fraction of sp³-hybridized carbons (Fsp3) is 0.889. The summed E-state index contributed by atoms with van der Waals surface area (Å²) in [6, 6.07) is 0.756. The molecule has 0 spiro atoms. The maximum absolute atomic E-state index is 4.40. The third-order valence-electron chi connectivity index (χ3n) is 2.60. The van der Waals surface area contributed by atoms with Gasteiger partial charge in [0, 0.05) is 19.0 Å². The molecular formula is C9H16N2. The minimum Gasteiger partial charge on any atom is -0.371 e. The molecule has 0 saturated heterocycles. The molecule has 1 fully saturated rings. The zero-order valence-electron chi connectivity index (χ0n) is 6.97. The summed E-state index contributed by atoms with van der Waals surface area (Å²) < 4.78 is 0. The smallest absolute Gasteiger partial charge is 0.0965 e. The first-order valence-electron chi connectivity index (χ1n) is 4.75. The molecule has 1 saturated carbocycles. The summed E-state index contributed by atoms with van der Waals surface area (Å²) >= 11 is 0. The second-order valence-electron chi connectivity index (χ2n) is 3.56. The number of nitrogens with zero attached hydrogens (tertiary/aromatic N) is 1. The Kier molecular flexibility index (Phi) is 2.11. The number of nitrogens with one attached hydrogen (secondary N) is 1. The Morgan fingerprint density at radius 2 is 2.00 bits per heavy atom. The van der Waals surface area contributed by atoms with Gasteiger partial charge < -0.3 is 5.32 Å². The highest BCUT2D eigenvalue weighted by atomic mass is 15.0. The minimum absolute atomic E-state index is 0.756. The van der Waals surface area contributed by atoms with Gasteiger partial charge in [-0.05, 0) is 19.3 Å². The van der Waals surface area contributed by atoms with Crippen molar-refractivity contribution < 1.29 is 0 Å². The molecule has 0 aromatic rings. The highest BCUT2D eigenvalue weighted by molar-refractivity contribution is 5.83. The van der Waals surface area contributed by atoms with E-state index in [2.05, 4.69) is 10.3 Å². The monoisotopic (exact) mass is 152 g/mol. The maximum Gasteiger partial charge on any atom is 0.0965 e. The van der Waals surface area contributed by atoms with Crippen LogP contribution in [0.5, 0.6) is 0 Å². The molecule has 0 unspecified atom stereocenters. The van der Waals surface area contributed by atoms with Crippen molar-refractivity contribution in [1.29, 1.82) is 0 Å². The molecule has 0 aromatic heterocycles. The standard InChI is InChI=1S/C9H16N2/c1-2-5-8(4-1)11-9-6-3-7-10-9/h8H,1-7H2,(H,10,11). The van der Waals surface area contributed by atoms with Gasteiger partial charge in [0.2, 0.25) is 0 Å². The third kappa shape index (κ3) is 1.73. The average Bonchev–Trinajstić information content (AvgIpc) is 2.60. The van der Waals surface area contributed by atoms with Crippen molar-refractivity contribution >= 4 is 5.84 Å². The molecule has 1 heterocycles. The number of amidine groups is 1. The van der Waals surface area contributed by atoms with Gasteiger partial charge in [0.15, 0.2) is 0 Å². The predicted molar refractivity (Wildman–Crippen MR) is 46.9 cm³/mol. The van der Waals surface area contributed by atoms with Gasteiger partial charge >= 0.3 is 0 Å². The number of rotatable bonds is 1. The Morgan fingerprint density at radius 3 is 2.64 bits per heavy atom. The molecule has 2 aliphatic rings. The van der Waals surface area contributed by atoms with Crippen molar-refractivity contribution in [2.75, 3.05) is 6.54 Å². The van der Waals surface area contributed by atoms with Gasteiger partial charge in [-0.2, -0.15) is 0 Å². The van der Waals surface area contributed by atoms with Crippen LogP contribution < -0.4 is 5.32 Å². The van der Waals surface area contributed by atoms with E-state index in [1.165, 1.54) is 44.4 Å². The van der Waals surface area contributed by atoms with Crippen LogP contribution in [0.2, 0.25) is 0 Å². The Balaban J connectivity index is 1.79. The first kappa shape index (κ1) is 7.14. The maximum atomic E-state index is 4.40. The van der Waals surface area contributed by atoms with Crippen LogP contribution in [-0.2, 0) is 0 Å². The van der Waals surface area contributed by atoms with E-state index < -0.39 is 0 Å². The van der Waals surface area contributed by atoms with Crippen LogP contribution in [0.1, 0.15) is 38.5 Å². The Labute approximate surface area is 68.1 Å². The lowest BCUT2D eigenvalue weighted by molar-refractivity contribution is 0.626. The van der Waals surface area contributed by atoms with Crippen molar-refractivity contribution in [1.82, 2.24) is 5.32 Å². The predicted octanol–water partition coefficient (Wildman–Crippen LogP) is 1.71. The van der Waals surface area contributed by atoms with E-state index in [0.29, 0.717) is 0 Å². The average molecular weight is 152 g/mol. The molecule has 2 heteroatoms. The van der Waals surface area contributed by atoms with Gasteiger partial charge in [-0.15, -0.1) is 0 Å². The quantitative estimate of drug-likeness (QED) is 0.607. The Morgan fingerprint density at radius 1 is 1.18 bits per heavy atom. The molecule has 0 bridgehead atoms. The van der Waals surface area contributed by atoms with E-state index in [4.69, 9.17) is 0 Å². The second kappa shape index (κ2) is 3.24. The van der Waals surface area contributed by atoms with E-state index in [0.717, 1.165) is 12.6 Å². The van der Waals surface area contributed by atoms with Gasteiger partial charge in [-0.3, -0.25) is 4.99 Å². The molecule has 2 rings (SSSR count). The van der Waals surface area contributed by atoms with Crippen LogP contribution in [0.15, 0.2) is 4.99 Å². The SMILES string of the molecule is C1CN=C(NC2CCCC2)C1. The summed E-state index contributed by atoms with van der Waals surface area (Å²) in [4.78, 5) is 4.40. The molecule has 2 nitrogen and oxygen atoms in total. The molecule has 62 valence electrons. The van der Waals surface area contributed by atoms with Gasteiger partial charge in [0.05, 0.1) is 5.84 Å². The van der Waals surface area contributed by atoms with Crippen LogP contribution in [0, 0.1) is 0 Å². The second-order valence-corrected chi connectivity index (χ2v) is 3.56. The highest BCUT2D eigenvalue weighted by Crippen LogP contribution is 2.18.